The van der Waals surface area contributed by atoms with Gasteiger partial charge in [0.25, 0.3) is 0 Å². The number of piperazine rings is 1. The Morgan fingerprint density at radius 1 is 1.19 bits per heavy atom. The number of pyridine rings is 1. The second-order valence-corrected chi connectivity index (χ2v) is 5.17. The van der Waals surface area contributed by atoms with Gasteiger partial charge in [-0.05, 0) is 38.9 Å². The number of hydrogen-bond donors (Lipinski definition) is 0. The topological polar surface area (TPSA) is 19.4 Å². The Labute approximate surface area is 97.1 Å². The summed E-state index contributed by atoms with van der Waals surface area (Å²) in [5, 5.41) is 0. The fourth-order valence-electron chi connectivity index (χ4n) is 3.15. The monoisotopic (exact) mass is 217 g/mol. The van der Waals surface area contributed by atoms with E-state index in [-0.39, 0.29) is 0 Å². The minimum Gasteiger partial charge on any atom is -0.362 e. The Balaban J connectivity index is 1.88. The lowest BCUT2D eigenvalue weighted by atomic mass is 10.1. The predicted octanol–water partition coefficient (Wildman–Crippen LogP) is 1.67. The minimum absolute atomic E-state index is 0.702. The number of rotatable bonds is 1. The molecule has 0 aromatic carbocycles. The number of hydrogen-bond acceptors (Lipinski definition) is 3. The van der Waals surface area contributed by atoms with Gasteiger partial charge in [-0.3, -0.25) is 4.98 Å². The lowest BCUT2D eigenvalue weighted by Gasteiger charge is -2.40. The molecule has 0 aliphatic carbocycles. The maximum atomic E-state index is 4.41. The highest BCUT2D eigenvalue weighted by molar-refractivity contribution is 5.49. The van der Waals surface area contributed by atoms with E-state index in [1.807, 2.05) is 13.1 Å². The molecular weight excluding hydrogens is 198 g/mol. The van der Waals surface area contributed by atoms with Crippen LogP contribution in [0.5, 0.6) is 0 Å². The highest BCUT2D eigenvalue weighted by atomic mass is 15.3. The van der Waals surface area contributed by atoms with Gasteiger partial charge in [-0.15, -0.1) is 0 Å². The molecular formula is C13H19N3. The van der Waals surface area contributed by atoms with Gasteiger partial charge in [0.15, 0.2) is 0 Å². The molecule has 1 aromatic heterocycles. The van der Waals surface area contributed by atoms with Crippen LogP contribution in [-0.2, 0) is 0 Å². The second kappa shape index (κ2) is 3.74. The van der Waals surface area contributed by atoms with E-state index in [0.717, 1.165) is 5.69 Å². The molecule has 2 fully saturated rings. The summed E-state index contributed by atoms with van der Waals surface area (Å²) in [6, 6.07) is 5.74. The Kier molecular flexibility index (Phi) is 2.36. The van der Waals surface area contributed by atoms with E-state index in [4.69, 9.17) is 0 Å². The van der Waals surface area contributed by atoms with Gasteiger partial charge < -0.3 is 9.80 Å². The predicted molar refractivity (Wildman–Crippen MR) is 65.8 cm³/mol. The molecule has 0 radical (unpaired) electrons. The average molecular weight is 217 g/mol. The normalized spacial score (nSPS) is 29.8. The fraction of sp³-hybridized carbons (Fsp3) is 0.615. The highest BCUT2D eigenvalue weighted by Crippen LogP contribution is 2.33. The molecule has 3 nitrogen and oxygen atoms in total. The zero-order valence-electron chi connectivity index (χ0n) is 10.1. The van der Waals surface area contributed by atoms with Crippen molar-refractivity contribution in [3.05, 3.63) is 24.0 Å². The number of aromatic nitrogens is 1. The number of likely N-dealkylation sites (N-methyl/N-ethyl adjacent to an activating group) is 1. The van der Waals surface area contributed by atoms with Crippen molar-refractivity contribution in [3.63, 3.8) is 0 Å². The van der Waals surface area contributed by atoms with Crippen LogP contribution in [0.15, 0.2) is 18.3 Å². The summed E-state index contributed by atoms with van der Waals surface area (Å²) in [4.78, 5) is 9.46. The second-order valence-electron chi connectivity index (χ2n) is 5.17. The summed E-state index contributed by atoms with van der Waals surface area (Å²) < 4.78 is 0. The fourth-order valence-corrected chi connectivity index (χ4v) is 3.15. The summed E-state index contributed by atoms with van der Waals surface area (Å²) in [7, 11) is 2.23. The van der Waals surface area contributed by atoms with Crippen molar-refractivity contribution < 1.29 is 0 Å². The summed E-state index contributed by atoms with van der Waals surface area (Å²) >= 11 is 0. The third-order valence-electron chi connectivity index (χ3n) is 3.86. The maximum absolute atomic E-state index is 4.41. The third-order valence-corrected chi connectivity index (χ3v) is 3.86. The van der Waals surface area contributed by atoms with E-state index in [9.17, 15) is 0 Å². The van der Waals surface area contributed by atoms with Gasteiger partial charge in [0, 0.05) is 30.9 Å². The van der Waals surface area contributed by atoms with Crippen molar-refractivity contribution in [2.45, 2.75) is 31.8 Å². The van der Waals surface area contributed by atoms with Gasteiger partial charge in [0.2, 0.25) is 0 Å². The largest absolute Gasteiger partial charge is 0.362 e. The van der Waals surface area contributed by atoms with Crippen LogP contribution >= 0.6 is 0 Å². The molecule has 3 rings (SSSR count). The minimum atomic E-state index is 0.702. The summed E-state index contributed by atoms with van der Waals surface area (Å²) in [5.74, 6) is 0. The average Bonchev–Trinajstić information content (AvgIpc) is 2.54. The quantitative estimate of drug-likeness (QED) is 0.713. The van der Waals surface area contributed by atoms with E-state index < -0.39 is 0 Å². The Hall–Kier alpha value is -1.09. The Morgan fingerprint density at radius 3 is 2.44 bits per heavy atom. The Bertz CT molecular complexity index is 359. The molecule has 0 saturated carbocycles. The summed E-state index contributed by atoms with van der Waals surface area (Å²) in [5.41, 5.74) is 2.41. The van der Waals surface area contributed by atoms with Crippen molar-refractivity contribution >= 4 is 5.69 Å². The van der Waals surface area contributed by atoms with Crippen LogP contribution in [0.1, 0.15) is 18.5 Å². The molecule has 3 heteroatoms. The maximum Gasteiger partial charge on any atom is 0.0558 e. The van der Waals surface area contributed by atoms with Crippen molar-refractivity contribution in [1.29, 1.82) is 0 Å². The number of nitrogens with zero attached hydrogens (tertiary/aromatic N) is 3. The molecule has 86 valence electrons. The first-order chi connectivity index (χ1) is 7.74. The van der Waals surface area contributed by atoms with Crippen molar-refractivity contribution in [3.8, 4) is 0 Å². The van der Waals surface area contributed by atoms with Crippen LogP contribution in [0.2, 0.25) is 0 Å². The van der Waals surface area contributed by atoms with E-state index in [2.05, 4.69) is 34.0 Å². The number of aryl methyl sites for hydroxylation is 1. The van der Waals surface area contributed by atoms with Crippen LogP contribution < -0.4 is 4.90 Å². The molecule has 0 amide bonds. The van der Waals surface area contributed by atoms with E-state index in [1.165, 1.54) is 31.6 Å². The first-order valence-corrected chi connectivity index (χ1v) is 6.13. The van der Waals surface area contributed by atoms with E-state index in [0.29, 0.717) is 12.1 Å². The molecule has 1 aromatic rings. The Morgan fingerprint density at radius 2 is 1.88 bits per heavy atom. The van der Waals surface area contributed by atoms with Crippen LogP contribution in [0, 0.1) is 6.92 Å². The molecule has 16 heavy (non-hydrogen) atoms. The van der Waals surface area contributed by atoms with Gasteiger partial charge >= 0.3 is 0 Å². The van der Waals surface area contributed by atoms with Crippen molar-refractivity contribution in [1.82, 2.24) is 9.88 Å². The van der Waals surface area contributed by atoms with E-state index in [1.54, 1.807) is 0 Å². The zero-order valence-corrected chi connectivity index (χ0v) is 10.1. The zero-order chi connectivity index (χ0) is 11.1. The van der Waals surface area contributed by atoms with Crippen molar-refractivity contribution in [2.75, 3.05) is 25.0 Å². The molecule has 2 saturated heterocycles. The smallest absolute Gasteiger partial charge is 0.0558 e. The van der Waals surface area contributed by atoms with Gasteiger partial charge in [-0.25, -0.2) is 0 Å². The van der Waals surface area contributed by atoms with Crippen LogP contribution in [0.25, 0.3) is 0 Å². The van der Waals surface area contributed by atoms with E-state index >= 15 is 0 Å². The molecule has 2 unspecified atom stereocenters. The molecule has 2 atom stereocenters. The highest BCUT2D eigenvalue weighted by Gasteiger charge is 2.38. The van der Waals surface area contributed by atoms with Crippen LogP contribution in [0.4, 0.5) is 5.69 Å². The van der Waals surface area contributed by atoms with Crippen molar-refractivity contribution in [2.24, 2.45) is 0 Å². The molecule has 2 bridgehead atoms. The molecule has 3 heterocycles. The SMILES string of the molecule is Cc1ccc(N2C3CCC2CN(C)C3)cn1. The summed E-state index contributed by atoms with van der Waals surface area (Å²) in [6.07, 6.45) is 4.71. The third kappa shape index (κ3) is 1.59. The van der Waals surface area contributed by atoms with Crippen LogP contribution in [0.3, 0.4) is 0 Å². The molecule has 0 spiro atoms. The first-order valence-electron chi connectivity index (χ1n) is 6.13. The number of anilines is 1. The summed E-state index contributed by atoms with van der Waals surface area (Å²) in [6.45, 7) is 4.44. The standard InChI is InChI=1S/C13H19N3/c1-10-3-4-11(7-14-10)16-12-5-6-13(16)9-15(2)8-12/h3-4,7,12-13H,5-6,8-9H2,1-2H3. The lowest BCUT2D eigenvalue weighted by molar-refractivity contribution is 0.264. The lowest BCUT2D eigenvalue weighted by Crippen LogP contribution is -2.52. The number of likely N-dealkylation sites (tertiary alicyclic amines) is 1. The molecule has 2 aliphatic heterocycles. The first kappa shape index (κ1) is 10.1. The van der Waals surface area contributed by atoms with Gasteiger partial charge in [0.05, 0.1) is 11.9 Å². The number of fused-ring (bicyclic) bond motifs is 2. The molecule has 2 aliphatic rings. The van der Waals surface area contributed by atoms with Gasteiger partial charge in [0.1, 0.15) is 0 Å². The van der Waals surface area contributed by atoms with Gasteiger partial charge in [-0.2, -0.15) is 0 Å². The molecule has 0 N–H and O–H groups in total. The van der Waals surface area contributed by atoms with Gasteiger partial charge in [-0.1, -0.05) is 0 Å². The van der Waals surface area contributed by atoms with Crippen LogP contribution in [-0.4, -0.2) is 42.1 Å².